The summed E-state index contributed by atoms with van der Waals surface area (Å²) in [6.07, 6.45) is 2.81. The van der Waals surface area contributed by atoms with E-state index in [0.717, 1.165) is 6.08 Å². The highest BCUT2D eigenvalue weighted by molar-refractivity contribution is 5.90. The fourth-order valence-electron chi connectivity index (χ4n) is 3.19. The van der Waals surface area contributed by atoms with Gasteiger partial charge in [-0.25, -0.2) is 9.59 Å². The van der Waals surface area contributed by atoms with Gasteiger partial charge >= 0.3 is 11.9 Å². The van der Waals surface area contributed by atoms with Crippen molar-refractivity contribution in [1.29, 1.82) is 0 Å². The average molecular weight is 837 g/mol. The summed E-state index contributed by atoms with van der Waals surface area (Å²) in [5, 5.41) is 34.3. The molecule has 0 spiro atoms. The molecule has 4 N–H and O–H groups in total. The van der Waals surface area contributed by atoms with Crippen molar-refractivity contribution in [3.8, 4) is 0 Å². The van der Waals surface area contributed by atoms with Crippen molar-refractivity contribution in [2.24, 2.45) is 0 Å². The molecular formula is C37H72O20. The molecule has 0 aliphatic rings. The Morgan fingerprint density at radius 3 is 1.00 bits per heavy atom. The Balaban J connectivity index is -0.000000913. The molecule has 0 fully saturated rings. The van der Waals surface area contributed by atoms with E-state index in [2.05, 4.69) is 11.3 Å². The lowest BCUT2D eigenvalue weighted by molar-refractivity contribution is -0.140. The van der Waals surface area contributed by atoms with E-state index >= 15 is 0 Å². The quantitative estimate of drug-likeness (QED) is 0.0263. The van der Waals surface area contributed by atoms with Gasteiger partial charge in [-0.2, -0.15) is 0 Å². The largest absolute Gasteiger partial charge is 0.478 e. The number of aliphatic hydroxyl groups is 3. The van der Waals surface area contributed by atoms with Crippen molar-refractivity contribution in [2.45, 2.75) is 13.0 Å². The van der Waals surface area contributed by atoms with Crippen LogP contribution in [0.5, 0.6) is 0 Å². The summed E-state index contributed by atoms with van der Waals surface area (Å²) in [6.45, 7) is 16.5. The molecule has 0 amide bonds. The number of carboxylic acid groups (broad SMARTS) is 1. The zero-order valence-electron chi connectivity index (χ0n) is 34.1. The molecule has 1 atom stereocenters. The molecule has 0 aromatic rings. The average Bonchev–Trinajstić information content (AvgIpc) is 3.19. The summed E-state index contributed by atoms with van der Waals surface area (Å²) in [5.74, 6) is -1.94. The lowest BCUT2D eigenvalue weighted by Gasteiger charge is -2.08. The van der Waals surface area contributed by atoms with Gasteiger partial charge in [0.25, 0.3) is 0 Å². The van der Waals surface area contributed by atoms with Crippen LogP contribution in [0.4, 0.5) is 0 Å². The van der Waals surface area contributed by atoms with Crippen LogP contribution in [0.15, 0.2) is 24.8 Å². The maximum absolute atomic E-state index is 11.0. The third-order valence-corrected chi connectivity index (χ3v) is 5.67. The van der Waals surface area contributed by atoms with Gasteiger partial charge in [-0.05, 0) is 6.92 Å². The maximum atomic E-state index is 11.0. The van der Waals surface area contributed by atoms with Gasteiger partial charge in [0.15, 0.2) is 0 Å². The van der Waals surface area contributed by atoms with Crippen LogP contribution >= 0.6 is 0 Å². The van der Waals surface area contributed by atoms with Gasteiger partial charge in [0.2, 0.25) is 0 Å². The summed E-state index contributed by atoms with van der Waals surface area (Å²) in [6, 6.07) is 0. The van der Waals surface area contributed by atoms with Crippen molar-refractivity contribution < 1.29 is 96.3 Å². The van der Waals surface area contributed by atoms with Crippen molar-refractivity contribution in [3.05, 3.63) is 24.8 Å². The van der Waals surface area contributed by atoms with Gasteiger partial charge in [-0.1, -0.05) is 6.08 Å². The van der Waals surface area contributed by atoms with Crippen LogP contribution in [-0.2, 0) is 75.9 Å². The van der Waals surface area contributed by atoms with Crippen LogP contribution in [0.25, 0.3) is 0 Å². The Bertz CT molecular complexity index is 820. The molecule has 20 heteroatoms. The molecule has 0 aromatic carbocycles. The third kappa shape index (κ3) is 65.9. The Morgan fingerprint density at radius 1 is 0.491 bits per heavy atom. The Labute approximate surface area is 338 Å². The Morgan fingerprint density at radius 2 is 0.772 bits per heavy atom. The highest BCUT2D eigenvalue weighted by Gasteiger charge is 1.99. The van der Waals surface area contributed by atoms with E-state index in [4.69, 9.17) is 82.0 Å². The van der Waals surface area contributed by atoms with Gasteiger partial charge in [-0.15, -0.1) is 6.58 Å². The first-order valence-electron chi connectivity index (χ1n) is 18.9. The molecule has 0 bridgehead atoms. The van der Waals surface area contributed by atoms with Crippen molar-refractivity contribution >= 4 is 11.9 Å². The van der Waals surface area contributed by atoms with Gasteiger partial charge in [0.1, 0.15) is 6.61 Å². The van der Waals surface area contributed by atoms with Crippen LogP contribution in [0.3, 0.4) is 0 Å². The summed E-state index contributed by atoms with van der Waals surface area (Å²) < 4.78 is 72.2. The number of aliphatic hydroxyl groups excluding tert-OH is 3. The van der Waals surface area contributed by atoms with Gasteiger partial charge < -0.3 is 86.7 Å². The second-order valence-corrected chi connectivity index (χ2v) is 10.7. The Kier molecular flexibility index (Phi) is 57.9. The number of carboxylic acids is 1. The van der Waals surface area contributed by atoms with Crippen LogP contribution in [0, 0.1) is 0 Å². The van der Waals surface area contributed by atoms with Crippen LogP contribution in [-0.4, -0.2) is 231 Å². The summed E-state index contributed by atoms with van der Waals surface area (Å²) in [7, 11) is 1.64. The van der Waals surface area contributed by atoms with Gasteiger partial charge in [0.05, 0.1) is 184 Å². The van der Waals surface area contributed by atoms with Crippen LogP contribution in [0.1, 0.15) is 6.92 Å². The number of hydrogen-bond donors (Lipinski definition) is 4. The van der Waals surface area contributed by atoms with E-state index in [-0.39, 0.29) is 26.4 Å². The molecule has 0 saturated heterocycles. The van der Waals surface area contributed by atoms with Crippen LogP contribution in [0.2, 0.25) is 0 Å². The van der Waals surface area contributed by atoms with E-state index in [0.29, 0.717) is 165 Å². The normalized spacial score (nSPS) is 11.5. The number of carbonyl (C=O) groups excluding carboxylic acids is 1. The number of ether oxygens (including phenoxy) is 14. The predicted molar refractivity (Wildman–Crippen MR) is 205 cm³/mol. The van der Waals surface area contributed by atoms with Crippen molar-refractivity contribution in [2.75, 3.05) is 192 Å². The lowest BCUT2D eigenvalue weighted by atomic mass is 10.4. The maximum Gasteiger partial charge on any atom is 0.331 e. The smallest absolute Gasteiger partial charge is 0.331 e. The molecule has 0 radical (unpaired) electrons. The number of methoxy groups -OCH3 is 1. The van der Waals surface area contributed by atoms with E-state index in [9.17, 15) is 9.59 Å². The zero-order valence-corrected chi connectivity index (χ0v) is 34.1. The highest BCUT2D eigenvalue weighted by atomic mass is 16.6. The van der Waals surface area contributed by atoms with E-state index in [1.807, 2.05) is 0 Å². The second kappa shape index (κ2) is 55.9. The summed E-state index contributed by atoms with van der Waals surface area (Å²) in [4.78, 5) is 21.2. The van der Waals surface area contributed by atoms with Gasteiger partial charge in [0, 0.05) is 19.3 Å². The standard InChI is InChI=1S/C17H36O9.C16H28O10.C4H8O/c1-17(19)16-26-15-14-25-13-12-24-11-10-23-9-8-22-7-6-21-5-4-20-3-2-18;17-3-4-21-5-6-22-7-8-23-9-10-24-11-12-25-13-14-26-16(20)2-1-15(18)19;1-3-4-5-2/h17-19H,2-16H2,1H3;1-2,17H,3-14H2,(H,18,19);3H,1,4H2,2H3/b;2-1-;. The minimum absolute atomic E-state index is 0.00774. The molecule has 20 nitrogen and oxygen atoms in total. The first kappa shape index (κ1) is 59.1. The SMILES string of the molecule is C=CCOC.CC(O)COCCOCCOCCOCCOCCOCCOCCO.O=C(O)/C=C\C(=O)OCCOCCOCCOCCOCCOCCO. The number of carbonyl (C=O) groups is 2. The first-order valence-corrected chi connectivity index (χ1v) is 18.9. The molecule has 0 aliphatic carbocycles. The fourth-order valence-corrected chi connectivity index (χ4v) is 3.19. The first-order chi connectivity index (χ1) is 27.8. The predicted octanol–water partition coefficient (Wildman–Crippen LogP) is -0.460. The zero-order chi connectivity index (χ0) is 42.6. The molecule has 0 aromatic heterocycles. The van der Waals surface area contributed by atoms with Crippen molar-refractivity contribution in [1.82, 2.24) is 0 Å². The number of esters is 1. The fraction of sp³-hybridized carbons (Fsp3) is 0.838. The molecule has 0 heterocycles. The van der Waals surface area contributed by atoms with E-state index in [1.165, 1.54) is 0 Å². The number of hydrogen-bond acceptors (Lipinski definition) is 19. The lowest BCUT2D eigenvalue weighted by Crippen LogP contribution is -2.16. The van der Waals surface area contributed by atoms with Crippen LogP contribution < -0.4 is 0 Å². The highest BCUT2D eigenvalue weighted by Crippen LogP contribution is 1.88. The minimum Gasteiger partial charge on any atom is -0.478 e. The van der Waals surface area contributed by atoms with E-state index in [1.54, 1.807) is 20.1 Å². The molecule has 0 saturated carbocycles. The number of aliphatic carboxylic acids is 1. The molecule has 0 rings (SSSR count). The monoisotopic (exact) mass is 836 g/mol. The minimum atomic E-state index is -1.21. The summed E-state index contributed by atoms with van der Waals surface area (Å²) >= 11 is 0. The Hall–Kier alpha value is -2.22. The second-order valence-electron chi connectivity index (χ2n) is 10.7. The molecule has 0 aliphatic heterocycles. The third-order valence-electron chi connectivity index (χ3n) is 5.67. The van der Waals surface area contributed by atoms with Gasteiger partial charge in [-0.3, -0.25) is 0 Å². The summed E-state index contributed by atoms with van der Waals surface area (Å²) in [5.41, 5.74) is 0. The number of rotatable bonds is 43. The molecule has 1 unspecified atom stereocenters. The molecule has 57 heavy (non-hydrogen) atoms. The molecule has 340 valence electrons. The molecular weight excluding hydrogens is 764 g/mol. The topological polar surface area (TPSA) is 244 Å². The van der Waals surface area contributed by atoms with Crippen molar-refractivity contribution in [3.63, 3.8) is 0 Å². The van der Waals surface area contributed by atoms with E-state index < -0.39 is 18.0 Å².